The number of ether oxygens (including phenoxy) is 1. The minimum absolute atomic E-state index is 0.0767. The molecule has 0 N–H and O–H groups in total. The molecule has 1 atom stereocenters. The lowest BCUT2D eigenvalue weighted by Crippen LogP contribution is -2.37. The van der Waals surface area contributed by atoms with Gasteiger partial charge in [0.15, 0.2) is 0 Å². The number of nitrogens with zero attached hydrogens (tertiary/aromatic N) is 5. The molecule has 1 amide bonds. The van der Waals surface area contributed by atoms with Gasteiger partial charge in [0.2, 0.25) is 5.91 Å². The topological polar surface area (TPSA) is 76.6 Å². The molecule has 3 aromatic rings. The van der Waals surface area contributed by atoms with Gasteiger partial charge < -0.3 is 14.1 Å². The van der Waals surface area contributed by atoms with Crippen LogP contribution in [0.2, 0.25) is 0 Å². The van der Waals surface area contributed by atoms with E-state index in [9.17, 15) is 4.79 Å². The number of hydrogen-bond acceptors (Lipinski definition) is 6. The third-order valence-electron chi connectivity index (χ3n) is 4.90. The molecule has 0 aromatic carbocycles. The van der Waals surface area contributed by atoms with Gasteiger partial charge in [-0.25, -0.2) is 0 Å². The van der Waals surface area contributed by atoms with Crippen molar-refractivity contribution in [2.75, 3.05) is 19.6 Å². The number of aryl methyl sites for hydroxylation is 1. The monoisotopic (exact) mass is 395 g/mol. The number of rotatable bonds is 7. The molecule has 0 radical (unpaired) electrons. The Morgan fingerprint density at radius 2 is 2.10 bits per heavy atom. The Kier molecular flexibility index (Phi) is 6.02. The van der Waals surface area contributed by atoms with E-state index in [1.54, 1.807) is 29.5 Å². The number of carbonyl (C=O) groups is 1. The largest absolute Gasteiger partial charge is 0.468 e. The second-order valence-electron chi connectivity index (χ2n) is 7.34. The van der Waals surface area contributed by atoms with Gasteiger partial charge in [-0.1, -0.05) is 6.07 Å². The highest BCUT2D eigenvalue weighted by molar-refractivity contribution is 5.78. The molecule has 4 heterocycles. The zero-order valence-corrected chi connectivity index (χ0v) is 16.5. The Labute approximate surface area is 169 Å². The van der Waals surface area contributed by atoms with Gasteiger partial charge >= 0.3 is 0 Å². The molecular formula is C21H25N5O3. The second kappa shape index (κ2) is 9.02. The van der Waals surface area contributed by atoms with Crippen molar-refractivity contribution in [3.8, 4) is 0 Å². The summed E-state index contributed by atoms with van der Waals surface area (Å²) in [7, 11) is 1.87. The minimum atomic E-state index is -0.117. The summed E-state index contributed by atoms with van der Waals surface area (Å²) < 4.78 is 13.4. The average Bonchev–Trinajstić information content (AvgIpc) is 3.34. The van der Waals surface area contributed by atoms with Crippen LogP contribution in [-0.2, 0) is 36.3 Å². The van der Waals surface area contributed by atoms with Crippen molar-refractivity contribution in [3.63, 3.8) is 0 Å². The van der Waals surface area contributed by atoms with Crippen LogP contribution in [0.3, 0.4) is 0 Å². The number of pyridine rings is 1. The lowest BCUT2D eigenvalue weighted by Gasteiger charge is -2.24. The molecule has 3 aromatic heterocycles. The predicted octanol–water partition coefficient (Wildman–Crippen LogP) is 1.84. The van der Waals surface area contributed by atoms with Crippen LogP contribution in [0.1, 0.15) is 16.9 Å². The van der Waals surface area contributed by atoms with E-state index < -0.39 is 0 Å². The summed E-state index contributed by atoms with van der Waals surface area (Å²) in [6.07, 6.45) is 8.81. The summed E-state index contributed by atoms with van der Waals surface area (Å²) in [6, 6.07) is 7.67. The zero-order valence-electron chi connectivity index (χ0n) is 16.5. The maximum absolute atomic E-state index is 12.9. The van der Waals surface area contributed by atoms with Gasteiger partial charge in [-0.05, 0) is 23.8 Å². The van der Waals surface area contributed by atoms with Gasteiger partial charge in [-0.2, -0.15) is 5.10 Å². The molecule has 0 saturated carbocycles. The fraction of sp³-hybridized carbons (Fsp3) is 0.381. The molecule has 152 valence electrons. The molecule has 0 spiro atoms. The lowest BCUT2D eigenvalue weighted by atomic mass is 10.2. The molecule has 29 heavy (non-hydrogen) atoms. The first-order valence-corrected chi connectivity index (χ1v) is 9.66. The van der Waals surface area contributed by atoms with Crippen molar-refractivity contribution in [2.45, 2.75) is 25.8 Å². The van der Waals surface area contributed by atoms with Gasteiger partial charge in [0.05, 0.1) is 38.3 Å². The Morgan fingerprint density at radius 3 is 2.83 bits per heavy atom. The molecule has 0 aliphatic carbocycles. The van der Waals surface area contributed by atoms with Gasteiger partial charge in [0, 0.05) is 50.8 Å². The molecule has 4 rings (SSSR count). The van der Waals surface area contributed by atoms with Gasteiger partial charge in [-0.15, -0.1) is 0 Å². The van der Waals surface area contributed by atoms with E-state index in [-0.39, 0.29) is 12.0 Å². The van der Waals surface area contributed by atoms with Crippen molar-refractivity contribution in [2.24, 2.45) is 7.05 Å². The van der Waals surface area contributed by atoms with Gasteiger partial charge in [-0.3, -0.25) is 19.4 Å². The molecule has 8 nitrogen and oxygen atoms in total. The average molecular weight is 395 g/mol. The number of aromatic nitrogens is 3. The molecule has 1 aliphatic rings. The van der Waals surface area contributed by atoms with Crippen LogP contribution in [0.25, 0.3) is 0 Å². The first-order valence-electron chi connectivity index (χ1n) is 9.66. The van der Waals surface area contributed by atoms with Crippen molar-refractivity contribution in [1.29, 1.82) is 0 Å². The minimum Gasteiger partial charge on any atom is -0.468 e. The number of furan rings is 1. The van der Waals surface area contributed by atoms with E-state index >= 15 is 0 Å². The summed E-state index contributed by atoms with van der Waals surface area (Å²) in [6.45, 7) is 3.06. The highest BCUT2D eigenvalue weighted by Crippen LogP contribution is 2.16. The van der Waals surface area contributed by atoms with E-state index in [1.165, 1.54) is 0 Å². The van der Waals surface area contributed by atoms with Gasteiger partial charge in [0.1, 0.15) is 5.76 Å². The smallest absolute Gasteiger partial charge is 0.237 e. The first kappa shape index (κ1) is 19.4. The molecule has 0 unspecified atom stereocenters. The van der Waals surface area contributed by atoms with E-state index in [0.717, 1.165) is 16.9 Å². The summed E-state index contributed by atoms with van der Waals surface area (Å²) in [5.74, 6) is 0.914. The molecule has 8 heteroatoms. The maximum atomic E-state index is 12.9. The Morgan fingerprint density at radius 1 is 1.17 bits per heavy atom. The molecule has 1 saturated heterocycles. The summed E-state index contributed by atoms with van der Waals surface area (Å²) >= 11 is 0. The quantitative estimate of drug-likeness (QED) is 0.608. The highest BCUT2D eigenvalue weighted by Gasteiger charge is 2.29. The predicted molar refractivity (Wildman–Crippen MR) is 105 cm³/mol. The Bertz CT molecular complexity index is 910. The Hall–Kier alpha value is -2.97. The lowest BCUT2D eigenvalue weighted by molar-refractivity contribution is -0.132. The normalized spacial score (nSPS) is 18.2. The fourth-order valence-electron chi connectivity index (χ4n) is 3.52. The van der Waals surface area contributed by atoms with Crippen molar-refractivity contribution < 1.29 is 13.9 Å². The number of carbonyl (C=O) groups excluding carboxylic acids is 1. The first-order chi connectivity index (χ1) is 14.2. The van der Waals surface area contributed by atoms with Gasteiger partial charge in [0.25, 0.3) is 0 Å². The summed E-state index contributed by atoms with van der Waals surface area (Å²) in [4.78, 5) is 21.0. The standard InChI is InChI=1S/C21H25N5O3/c1-24-10-18(9-23-24)11-26-14-20(29-16-17-4-2-6-22-8-17)13-25(15-21(26)27)12-19-5-3-7-28-19/h2-10,20H,11-16H2,1H3/t20-/m1/s1. The maximum Gasteiger partial charge on any atom is 0.237 e. The van der Waals surface area contributed by atoms with Crippen LogP contribution >= 0.6 is 0 Å². The highest BCUT2D eigenvalue weighted by atomic mass is 16.5. The fourth-order valence-corrected chi connectivity index (χ4v) is 3.52. The van der Waals surface area contributed by atoms with Crippen LogP contribution in [-0.4, -0.2) is 56.2 Å². The van der Waals surface area contributed by atoms with Crippen LogP contribution in [0.4, 0.5) is 0 Å². The molecular weight excluding hydrogens is 370 g/mol. The number of hydrogen-bond donors (Lipinski definition) is 0. The second-order valence-corrected chi connectivity index (χ2v) is 7.34. The summed E-state index contributed by atoms with van der Waals surface area (Å²) in [5, 5.41) is 4.21. The zero-order chi connectivity index (χ0) is 20.1. The van der Waals surface area contributed by atoms with Crippen molar-refractivity contribution >= 4 is 5.91 Å². The van der Waals surface area contributed by atoms with E-state index in [0.29, 0.717) is 39.3 Å². The van der Waals surface area contributed by atoms with Crippen LogP contribution in [0.15, 0.2) is 59.7 Å². The third-order valence-corrected chi connectivity index (χ3v) is 4.90. The number of amides is 1. The van der Waals surface area contributed by atoms with Crippen molar-refractivity contribution in [3.05, 3.63) is 72.2 Å². The SMILES string of the molecule is Cn1cc(CN2C[C@H](OCc3cccnc3)CN(Cc3ccco3)CC2=O)cn1. The summed E-state index contributed by atoms with van der Waals surface area (Å²) in [5.41, 5.74) is 2.02. The molecule has 1 fully saturated rings. The Balaban J connectivity index is 1.47. The van der Waals surface area contributed by atoms with E-state index in [1.807, 2.05) is 42.4 Å². The molecule has 0 bridgehead atoms. The molecule has 1 aliphatic heterocycles. The third kappa shape index (κ3) is 5.30. The van der Waals surface area contributed by atoms with Crippen LogP contribution in [0.5, 0.6) is 0 Å². The van der Waals surface area contributed by atoms with Crippen molar-refractivity contribution in [1.82, 2.24) is 24.6 Å². The van der Waals surface area contributed by atoms with E-state index in [2.05, 4.69) is 15.0 Å². The van der Waals surface area contributed by atoms with Crippen LogP contribution < -0.4 is 0 Å². The van der Waals surface area contributed by atoms with E-state index in [4.69, 9.17) is 9.15 Å². The van der Waals surface area contributed by atoms with Crippen LogP contribution in [0, 0.1) is 0 Å².